The summed E-state index contributed by atoms with van der Waals surface area (Å²) in [5.41, 5.74) is 3.02. The number of thioether (sulfide) groups is 1. The molecule has 0 bridgehead atoms. The van der Waals surface area contributed by atoms with Crippen LogP contribution < -0.4 is 10.1 Å². The normalized spacial score (nSPS) is 12.1. The molecule has 1 N–H and O–H groups in total. The molecule has 0 fully saturated rings. The number of aryl methyl sites for hydroxylation is 1. The highest BCUT2D eigenvalue weighted by Crippen LogP contribution is 2.28. The average Bonchev–Trinajstić information content (AvgIpc) is 2.54. The molecule has 24 heavy (non-hydrogen) atoms. The maximum absolute atomic E-state index is 12.4. The summed E-state index contributed by atoms with van der Waals surface area (Å²) in [6.07, 6.45) is 1.44. The van der Waals surface area contributed by atoms with Crippen molar-refractivity contribution >= 4 is 23.4 Å². The van der Waals surface area contributed by atoms with E-state index in [0.717, 1.165) is 27.5 Å². The van der Waals surface area contributed by atoms with E-state index in [9.17, 15) is 4.79 Å². The fourth-order valence-electron chi connectivity index (χ4n) is 2.41. The van der Waals surface area contributed by atoms with Gasteiger partial charge in [-0.15, -0.1) is 11.8 Å². The smallest absolute Gasteiger partial charge is 0.265 e. The Bertz CT molecular complexity index is 713. The summed E-state index contributed by atoms with van der Waals surface area (Å²) < 4.78 is 5.96. The van der Waals surface area contributed by atoms with E-state index >= 15 is 0 Å². The van der Waals surface area contributed by atoms with Crippen LogP contribution in [-0.4, -0.2) is 18.3 Å². The minimum absolute atomic E-state index is 0.149. The van der Waals surface area contributed by atoms with Gasteiger partial charge in [-0.05, 0) is 61.4 Å². The van der Waals surface area contributed by atoms with Crippen LogP contribution in [0.25, 0.3) is 0 Å². The molecule has 0 aromatic heterocycles. The highest BCUT2D eigenvalue weighted by Gasteiger charge is 2.18. The first kappa shape index (κ1) is 18.4. The van der Waals surface area contributed by atoms with E-state index in [2.05, 4.69) is 31.3 Å². The zero-order valence-corrected chi connectivity index (χ0v) is 15.7. The van der Waals surface area contributed by atoms with E-state index in [1.165, 1.54) is 0 Å². The quantitative estimate of drug-likeness (QED) is 0.728. The lowest BCUT2D eigenvalue weighted by molar-refractivity contribution is -0.122. The summed E-state index contributed by atoms with van der Waals surface area (Å²) in [4.78, 5) is 13.6. The first-order valence-corrected chi connectivity index (χ1v) is 9.35. The number of carbonyl (C=O) groups is 1. The van der Waals surface area contributed by atoms with E-state index in [-0.39, 0.29) is 5.91 Å². The molecule has 4 heteroatoms. The zero-order chi connectivity index (χ0) is 17.7. The van der Waals surface area contributed by atoms with Crippen LogP contribution in [-0.2, 0) is 4.79 Å². The van der Waals surface area contributed by atoms with Gasteiger partial charge in [0, 0.05) is 10.6 Å². The van der Waals surface area contributed by atoms with Crippen LogP contribution in [0.4, 0.5) is 5.69 Å². The summed E-state index contributed by atoms with van der Waals surface area (Å²) >= 11 is 1.65. The number of carbonyl (C=O) groups excluding carboxylic acids is 1. The molecule has 128 valence electrons. The Morgan fingerprint density at radius 2 is 1.88 bits per heavy atom. The van der Waals surface area contributed by atoms with Crippen molar-refractivity contribution in [1.29, 1.82) is 0 Å². The predicted molar refractivity (Wildman–Crippen MR) is 102 cm³/mol. The van der Waals surface area contributed by atoms with Gasteiger partial charge in [-0.3, -0.25) is 4.79 Å². The predicted octanol–water partition coefficient (Wildman–Crippen LogP) is 5.25. The summed E-state index contributed by atoms with van der Waals surface area (Å²) in [5, 5.41) is 2.92. The Kier molecular flexibility index (Phi) is 6.32. The van der Waals surface area contributed by atoms with Crippen molar-refractivity contribution in [2.24, 2.45) is 0 Å². The molecule has 2 aromatic rings. The molecule has 2 rings (SSSR count). The second-order valence-corrected chi connectivity index (χ2v) is 7.06. The minimum atomic E-state index is -0.567. The number of nitrogens with one attached hydrogen (secondary N) is 1. The van der Waals surface area contributed by atoms with Crippen molar-refractivity contribution in [3.8, 4) is 5.75 Å². The minimum Gasteiger partial charge on any atom is -0.481 e. The molecule has 0 radical (unpaired) electrons. The van der Waals surface area contributed by atoms with Gasteiger partial charge >= 0.3 is 0 Å². The van der Waals surface area contributed by atoms with E-state index < -0.39 is 6.10 Å². The Balaban J connectivity index is 2.10. The molecular formula is C20H25NO2S. The number of ether oxygens (including phenoxy) is 1. The number of amides is 1. The summed E-state index contributed by atoms with van der Waals surface area (Å²) in [5.74, 6) is 0.976. The van der Waals surface area contributed by atoms with Crippen LogP contribution in [0.1, 0.15) is 37.8 Å². The van der Waals surface area contributed by atoms with Crippen LogP contribution in [0.3, 0.4) is 0 Å². The van der Waals surface area contributed by atoms with Gasteiger partial charge in [0.25, 0.3) is 5.91 Å². The largest absolute Gasteiger partial charge is 0.481 e. The van der Waals surface area contributed by atoms with Crippen molar-refractivity contribution in [2.45, 2.75) is 44.6 Å². The van der Waals surface area contributed by atoms with Crippen molar-refractivity contribution in [3.05, 3.63) is 53.6 Å². The fourth-order valence-corrected chi connectivity index (χ4v) is 2.87. The Morgan fingerprint density at radius 1 is 1.12 bits per heavy atom. The van der Waals surface area contributed by atoms with Crippen molar-refractivity contribution in [1.82, 2.24) is 0 Å². The molecule has 1 unspecified atom stereocenters. The molecule has 0 aliphatic carbocycles. The van der Waals surface area contributed by atoms with Crippen molar-refractivity contribution in [2.75, 3.05) is 11.6 Å². The summed E-state index contributed by atoms with van der Waals surface area (Å²) in [7, 11) is 0. The van der Waals surface area contributed by atoms with E-state index in [1.54, 1.807) is 18.7 Å². The topological polar surface area (TPSA) is 38.3 Å². The van der Waals surface area contributed by atoms with Gasteiger partial charge in [0.05, 0.1) is 0 Å². The number of rotatable bonds is 6. The lowest BCUT2D eigenvalue weighted by Crippen LogP contribution is -2.30. The molecule has 2 aromatic carbocycles. The second kappa shape index (κ2) is 8.25. The molecule has 0 spiro atoms. The molecular weight excluding hydrogens is 318 g/mol. The molecule has 0 aliphatic rings. The highest BCUT2D eigenvalue weighted by molar-refractivity contribution is 7.98. The number of hydrogen-bond acceptors (Lipinski definition) is 3. The van der Waals surface area contributed by atoms with Gasteiger partial charge < -0.3 is 10.1 Å². The maximum Gasteiger partial charge on any atom is 0.265 e. The van der Waals surface area contributed by atoms with Crippen LogP contribution >= 0.6 is 11.8 Å². The van der Waals surface area contributed by atoms with E-state index in [1.807, 2.05) is 43.5 Å². The Labute approximate surface area is 148 Å². The number of benzene rings is 2. The molecule has 0 saturated carbocycles. The third kappa shape index (κ3) is 4.78. The monoisotopic (exact) mass is 343 g/mol. The van der Waals surface area contributed by atoms with Crippen LogP contribution in [0.5, 0.6) is 5.75 Å². The third-order valence-corrected chi connectivity index (χ3v) is 4.53. The maximum atomic E-state index is 12.4. The van der Waals surface area contributed by atoms with Gasteiger partial charge in [0.2, 0.25) is 0 Å². The lowest BCUT2D eigenvalue weighted by atomic mass is 10.0. The zero-order valence-electron chi connectivity index (χ0n) is 14.9. The number of hydrogen-bond donors (Lipinski definition) is 1. The summed E-state index contributed by atoms with van der Waals surface area (Å²) in [6, 6.07) is 13.9. The average molecular weight is 343 g/mol. The number of anilines is 1. The van der Waals surface area contributed by atoms with Gasteiger partial charge in [-0.25, -0.2) is 0 Å². The summed E-state index contributed by atoms with van der Waals surface area (Å²) in [6.45, 7) is 8.04. The molecule has 0 saturated heterocycles. The van der Waals surface area contributed by atoms with Gasteiger partial charge in [0.1, 0.15) is 5.75 Å². The van der Waals surface area contributed by atoms with Crippen LogP contribution in [0.2, 0.25) is 0 Å². The second-order valence-electron chi connectivity index (χ2n) is 6.18. The van der Waals surface area contributed by atoms with Gasteiger partial charge in [-0.2, -0.15) is 0 Å². The van der Waals surface area contributed by atoms with Crippen LogP contribution in [0.15, 0.2) is 47.4 Å². The first-order chi connectivity index (χ1) is 11.4. The van der Waals surface area contributed by atoms with Crippen LogP contribution in [0, 0.1) is 6.92 Å². The van der Waals surface area contributed by atoms with Crippen molar-refractivity contribution < 1.29 is 9.53 Å². The van der Waals surface area contributed by atoms with Gasteiger partial charge in [-0.1, -0.05) is 32.0 Å². The third-order valence-electron chi connectivity index (χ3n) is 3.80. The molecule has 0 aliphatic heterocycles. The molecule has 0 heterocycles. The first-order valence-electron chi connectivity index (χ1n) is 8.13. The Morgan fingerprint density at radius 3 is 2.54 bits per heavy atom. The Hall–Kier alpha value is -1.94. The lowest BCUT2D eigenvalue weighted by Gasteiger charge is -2.19. The highest BCUT2D eigenvalue weighted by atomic mass is 32.2. The van der Waals surface area contributed by atoms with E-state index in [0.29, 0.717) is 5.92 Å². The molecule has 1 atom stereocenters. The molecule has 1 amide bonds. The van der Waals surface area contributed by atoms with Gasteiger partial charge in [0.15, 0.2) is 6.10 Å². The molecule has 3 nitrogen and oxygen atoms in total. The SMILES string of the molecule is CSc1cccc(NC(=O)C(C)Oc2cc(C)ccc2C(C)C)c1. The standard InChI is InChI=1S/C20H25NO2S/c1-13(2)18-10-9-14(3)11-19(18)23-15(4)20(22)21-16-7-6-8-17(12-16)24-5/h6-13,15H,1-5H3,(H,21,22). The fraction of sp³-hybridized carbons (Fsp3) is 0.350. The van der Waals surface area contributed by atoms with E-state index in [4.69, 9.17) is 4.74 Å². The van der Waals surface area contributed by atoms with Crippen molar-refractivity contribution in [3.63, 3.8) is 0 Å².